The van der Waals surface area contributed by atoms with Gasteiger partial charge < -0.3 is 9.88 Å². The van der Waals surface area contributed by atoms with Crippen molar-refractivity contribution in [1.29, 1.82) is 0 Å². The highest BCUT2D eigenvalue weighted by Crippen LogP contribution is 2.29. The summed E-state index contributed by atoms with van der Waals surface area (Å²) in [7, 11) is 0. The van der Waals surface area contributed by atoms with E-state index in [0.717, 1.165) is 48.4 Å². The number of fused-ring (bicyclic) bond motifs is 1. The number of aromatic amines is 1. The van der Waals surface area contributed by atoms with Crippen LogP contribution in [0.3, 0.4) is 0 Å². The molecule has 0 spiro atoms. The van der Waals surface area contributed by atoms with Crippen molar-refractivity contribution in [3.8, 4) is 0 Å². The third kappa shape index (κ3) is 2.73. The van der Waals surface area contributed by atoms with Gasteiger partial charge in [-0.15, -0.1) is 11.3 Å². The van der Waals surface area contributed by atoms with E-state index in [1.54, 1.807) is 11.3 Å². The molecule has 0 atom stereocenters. The number of piperidine rings is 1. The normalized spacial score (nSPS) is 16.0. The topological polar surface area (TPSA) is 49.0 Å². The largest absolute Gasteiger partial charge is 0.342 e. The van der Waals surface area contributed by atoms with E-state index < -0.39 is 0 Å². The lowest BCUT2D eigenvalue weighted by molar-refractivity contribution is 0.0712. The van der Waals surface area contributed by atoms with Gasteiger partial charge in [0, 0.05) is 29.3 Å². The summed E-state index contributed by atoms with van der Waals surface area (Å²) < 4.78 is 0. The average molecular weight is 339 g/mol. The first-order chi connectivity index (χ1) is 11.6. The zero-order valence-corrected chi connectivity index (χ0v) is 14.8. The van der Waals surface area contributed by atoms with Gasteiger partial charge in [-0.3, -0.25) is 4.79 Å². The third-order valence-electron chi connectivity index (χ3n) is 4.88. The van der Waals surface area contributed by atoms with E-state index in [1.165, 1.54) is 10.4 Å². The number of aryl methyl sites for hydroxylation is 2. The van der Waals surface area contributed by atoms with Crippen molar-refractivity contribution in [2.45, 2.75) is 32.6 Å². The quantitative estimate of drug-likeness (QED) is 0.758. The highest BCUT2D eigenvalue weighted by atomic mass is 32.1. The van der Waals surface area contributed by atoms with Gasteiger partial charge in [-0.05, 0) is 44.4 Å². The minimum absolute atomic E-state index is 0.165. The first-order valence-electron chi connectivity index (χ1n) is 8.41. The van der Waals surface area contributed by atoms with Gasteiger partial charge in [0.15, 0.2) is 0 Å². The van der Waals surface area contributed by atoms with Gasteiger partial charge in [0.1, 0.15) is 5.82 Å². The summed E-state index contributed by atoms with van der Waals surface area (Å²) in [5, 5.41) is 1.96. The molecule has 1 N–H and O–H groups in total. The second kappa shape index (κ2) is 6.06. The number of hydrogen-bond acceptors (Lipinski definition) is 3. The molecule has 4 rings (SSSR count). The molecule has 2 aromatic heterocycles. The second-order valence-electron chi connectivity index (χ2n) is 6.61. The molecule has 1 aliphatic rings. The molecule has 0 radical (unpaired) electrons. The Labute approximate surface area is 145 Å². The van der Waals surface area contributed by atoms with E-state index in [-0.39, 0.29) is 5.91 Å². The Morgan fingerprint density at radius 3 is 2.75 bits per heavy atom. The fourth-order valence-corrected chi connectivity index (χ4v) is 4.16. The van der Waals surface area contributed by atoms with Crippen molar-refractivity contribution in [3.63, 3.8) is 0 Å². The number of carbonyl (C=O) groups excluding carboxylic acids is 1. The minimum atomic E-state index is 0.165. The molecule has 4 nitrogen and oxygen atoms in total. The van der Waals surface area contributed by atoms with Crippen molar-refractivity contribution in [3.05, 3.63) is 51.5 Å². The van der Waals surface area contributed by atoms with E-state index in [4.69, 9.17) is 4.98 Å². The highest BCUT2D eigenvalue weighted by Gasteiger charge is 2.26. The number of nitrogens with zero attached hydrogens (tertiary/aromatic N) is 2. The van der Waals surface area contributed by atoms with Crippen LogP contribution in [0.4, 0.5) is 0 Å². The van der Waals surface area contributed by atoms with Gasteiger partial charge in [-0.2, -0.15) is 0 Å². The number of amides is 1. The van der Waals surface area contributed by atoms with E-state index in [2.05, 4.69) is 30.1 Å². The molecule has 1 aromatic carbocycles. The smallest absolute Gasteiger partial charge is 0.254 e. The molecule has 1 amide bonds. The maximum absolute atomic E-state index is 12.6. The molecule has 1 saturated heterocycles. The van der Waals surface area contributed by atoms with Gasteiger partial charge in [0.25, 0.3) is 5.91 Å². The van der Waals surface area contributed by atoms with Crippen molar-refractivity contribution >= 4 is 28.3 Å². The van der Waals surface area contributed by atoms with E-state index >= 15 is 0 Å². The predicted octanol–water partition coefficient (Wildman–Crippen LogP) is 4.26. The van der Waals surface area contributed by atoms with Crippen molar-refractivity contribution in [2.75, 3.05) is 13.1 Å². The lowest BCUT2D eigenvalue weighted by atomic mass is 9.96. The van der Waals surface area contributed by atoms with Crippen molar-refractivity contribution < 1.29 is 4.79 Å². The lowest BCUT2D eigenvalue weighted by Crippen LogP contribution is -2.37. The lowest BCUT2D eigenvalue weighted by Gasteiger charge is -2.31. The number of imidazole rings is 1. The molecule has 5 heteroatoms. The maximum Gasteiger partial charge on any atom is 0.254 e. The van der Waals surface area contributed by atoms with E-state index in [0.29, 0.717) is 5.92 Å². The summed E-state index contributed by atoms with van der Waals surface area (Å²) in [6, 6.07) is 8.22. The fraction of sp³-hybridized carbons (Fsp3) is 0.368. The number of carbonyl (C=O) groups is 1. The number of H-pyrrole nitrogens is 1. The van der Waals surface area contributed by atoms with Crippen LogP contribution in [0.15, 0.2) is 29.6 Å². The first kappa shape index (κ1) is 15.4. The summed E-state index contributed by atoms with van der Waals surface area (Å²) in [6.45, 7) is 5.73. The number of thiophene rings is 1. The maximum atomic E-state index is 12.6. The van der Waals surface area contributed by atoms with Gasteiger partial charge in [0.2, 0.25) is 0 Å². The van der Waals surface area contributed by atoms with E-state index in [1.807, 2.05) is 23.3 Å². The van der Waals surface area contributed by atoms with Crippen LogP contribution in [0.25, 0.3) is 11.0 Å². The Hall–Kier alpha value is -2.14. The zero-order chi connectivity index (χ0) is 16.7. The number of hydrogen-bond donors (Lipinski definition) is 1. The molecule has 0 saturated carbocycles. The molecule has 0 bridgehead atoms. The van der Waals surface area contributed by atoms with Crippen molar-refractivity contribution in [2.24, 2.45) is 0 Å². The molecule has 0 unspecified atom stereocenters. The van der Waals surface area contributed by atoms with Gasteiger partial charge >= 0.3 is 0 Å². The molecule has 1 fully saturated rings. The number of likely N-dealkylation sites (tertiary alicyclic amines) is 1. The number of benzene rings is 1. The van der Waals surface area contributed by atoms with Crippen LogP contribution < -0.4 is 0 Å². The Morgan fingerprint density at radius 2 is 2.08 bits per heavy atom. The fourth-order valence-electron chi connectivity index (χ4n) is 3.48. The molecular formula is C19H21N3OS. The van der Waals surface area contributed by atoms with Gasteiger partial charge in [-0.1, -0.05) is 12.1 Å². The van der Waals surface area contributed by atoms with Gasteiger partial charge in [-0.25, -0.2) is 4.98 Å². The Kier molecular flexibility index (Phi) is 3.88. The van der Waals surface area contributed by atoms with Crippen LogP contribution in [0, 0.1) is 13.8 Å². The molecule has 3 heterocycles. The summed E-state index contributed by atoms with van der Waals surface area (Å²) in [4.78, 5) is 24.0. The second-order valence-corrected chi connectivity index (χ2v) is 7.72. The Balaban J connectivity index is 1.47. The van der Waals surface area contributed by atoms with Crippen molar-refractivity contribution in [1.82, 2.24) is 14.9 Å². The Morgan fingerprint density at radius 1 is 1.29 bits per heavy atom. The van der Waals surface area contributed by atoms with Gasteiger partial charge in [0.05, 0.1) is 16.6 Å². The van der Waals surface area contributed by atoms with Crippen LogP contribution in [-0.2, 0) is 0 Å². The summed E-state index contributed by atoms with van der Waals surface area (Å²) in [6.07, 6.45) is 1.93. The number of nitrogens with one attached hydrogen (secondary N) is 1. The number of rotatable bonds is 2. The molecule has 0 aliphatic carbocycles. The number of aromatic nitrogens is 2. The van der Waals surface area contributed by atoms with Crippen LogP contribution in [0.2, 0.25) is 0 Å². The summed E-state index contributed by atoms with van der Waals surface area (Å²) in [5.74, 6) is 1.64. The molecule has 24 heavy (non-hydrogen) atoms. The standard InChI is InChI=1S/C19H21N3OS/c1-12-4-3-5-16-17(12)21-18(20-16)14-6-8-22(9-7-14)19(23)15-10-13(2)24-11-15/h3-5,10-11,14H,6-9H2,1-2H3,(H,20,21). The third-order valence-corrected chi connectivity index (χ3v) is 5.74. The summed E-state index contributed by atoms with van der Waals surface area (Å²) >= 11 is 1.64. The zero-order valence-electron chi connectivity index (χ0n) is 14.0. The predicted molar refractivity (Wildman–Crippen MR) is 97.8 cm³/mol. The SMILES string of the molecule is Cc1cc(C(=O)N2CCC(c3nc4c(C)cccc4[nH]3)CC2)cs1. The van der Waals surface area contributed by atoms with Crippen LogP contribution in [0.5, 0.6) is 0 Å². The molecule has 3 aromatic rings. The minimum Gasteiger partial charge on any atom is -0.342 e. The Bertz CT molecular complexity index is 887. The first-order valence-corrected chi connectivity index (χ1v) is 9.29. The number of para-hydroxylation sites is 1. The monoisotopic (exact) mass is 339 g/mol. The highest BCUT2D eigenvalue weighted by molar-refractivity contribution is 7.10. The summed E-state index contributed by atoms with van der Waals surface area (Å²) in [5.41, 5.74) is 4.21. The molecule has 1 aliphatic heterocycles. The molecular weight excluding hydrogens is 318 g/mol. The van der Waals surface area contributed by atoms with Crippen LogP contribution in [0.1, 0.15) is 45.4 Å². The van der Waals surface area contributed by atoms with Crippen LogP contribution in [-0.4, -0.2) is 33.9 Å². The van der Waals surface area contributed by atoms with Crippen LogP contribution >= 0.6 is 11.3 Å². The molecule has 124 valence electrons. The average Bonchev–Trinajstić information content (AvgIpc) is 3.21. The van der Waals surface area contributed by atoms with E-state index in [9.17, 15) is 4.79 Å².